The molecule has 1 aliphatic heterocycles. The van der Waals surface area contributed by atoms with E-state index in [1.165, 1.54) is 30.3 Å². The third kappa shape index (κ3) is 5.95. The predicted molar refractivity (Wildman–Crippen MR) is 129 cm³/mol. The van der Waals surface area contributed by atoms with E-state index in [1.54, 1.807) is 0 Å². The molecular weight excluding hydrogens is 479 g/mol. The summed E-state index contributed by atoms with van der Waals surface area (Å²) in [6.07, 6.45) is -3.96. The molecule has 1 heterocycles. The number of rotatable bonds is 7. The summed E-state index contributed by atoms with van der Waals surface area (Å²) < 4.78 is 61.2. The summed E-state index contributed by atoms with van der Waals surface area (Å²) in [5, 5.41) is 10.9. The lowest BCUT2D eigenvalue weighted by Crippen LogP contribution is -2.38. The first-order chi connectivity index (χ1) is 16.7. The number of nitrogens with one attached hydrogen (secondary N) is 1. The number of aryl methyl sites for hydroxylation is 2. The number of hydrogen-bond donors (Lipinski definition) is 2. The van der Waals surface area contributed by atoms with Crippen LogP contribution in [0.25, 0.3) is 0 Å². The van der Waals surface area contributed by atoms with Crippen LogP contribution in [0.2, 0.25) is 0 Å². The maximum atomic E-state index is 13.3. The number of benzene rings is 3. The van der Waals surface area contributed by atoms with Crippen LogP contribution >= 0.6 is 0 Å². The third-order valence-corrected chi connectivity index (χ3v) is 7.75. The van der Waals surface area contributed by atoms with Crippen LogP contribution in [0.3, 0.4) is 0 Å². The van der Waals surface area contributed by atoms with Crippen LogP contribution in [0.4, 0.5) is 24.5 Å². The van der Waals surface area contributed by atoms with Gasteiger partial charge in [0.2, 0.25) is 0 Å². The molecule has 0 saturated carbocycles. The van der Waals surface area contributed by atoms with E-state index in [0.29, 0.717) is 0 Å². The molecule has 0 radical (unpaired) electrons. The van der Waals surface area contributed by atoms with E-state index in [9.17, 15) is 22.5 Å². The highest BCUT2D eigenvalue weighted by molar-refractivity contribution is 7.91. The number of fused-ring (bicyclic) bond motifs is 2. The predicted octanol–water partition coefficient (Wildman–Crippen LogP) is 4.84. The van der Waals surface area contributed by atoms with Gasteiger partial charge in [0.1, 0.15) is 15.7 Å². The molecule has 6 nitrogen and oxygen atoms in total. The Morgan fingerprint density at radius 1 is 1.00 bits per heavy atom. The fraction of sp³-hybridized carbons (Fsp3) is 0.280. The minimum absolute atomic E-state index is 0.0438. The van der Waals surface area contributed by atoms with Crippen LogP contribution in [0.1, 0.15) is 11.1 Å². The van der Waals surface area contributed by atoms with Gasteiger partial charge in [0.05, 0.1) is 17.5 Å². The fourth-order valence-corrected chi connectivity index (χ4v) is 5.56. The highest BCUT2D eigenvalue weighted by Crippen LogP contribution is 2.36. The van der Waals surface area contributed by atoms with Gasteiger partial charge < -0.3 is 14.7 Å². The number of aliphatic hydroxyl groups excluding tert-OH is 1. The number of nitrogens with zero attached hydrogens (tertiary/aromatic N) is 2. The normalized spacial score (nSPS) is 15.9. The van der Waals surface area contributed by atoms with Crippen LogP contribution < -0.4 is 14.4 Å². The zero-order valence-electron chi connectivity index (χ0n) is 19.0. The Hall–Kier alpha value is -3.08. The van der Waals surface area contributed by atoms with Gasteiger partial charge >= 0.3 is 6.36 Å². The van der Waals surface area contributed by atoms with Gasteiger partial charge in [-0.05, 0) is 60.4 Å². The van der Waals surface area contributed by atoms with Crippen LogP contribution in [-0.2, 0) is 22.8 Å². The van der Waals surface area contributed by atoms with Crippen molar-refractivity contribution in [1.82, 2.24) is 4.72 Å². The molecule has 10 heteroatoms. The number of ether oxygens (including phenoxy) is 1. The Balaban J connectivity index is 1.50. The standard InChI is InChI=1S/C25H26F3N3O3S/c1-29-35(33,22-14-12-21(13-15-22)34-25(26,27)28)30-16-20(32)17-31-23-8-4-2-6-18(23)10-11-19-7-3-5-9-24(19)31/h2-9,12-15,20,32H,10-11,16-17H2,1H3,(H,29,30,33)/t20-,35+/m1/s1. The van der Waals surface area contributed by atoms with E-state index in [2.05, 4.69) is 30.9 Å². The minimum atomic E-state index is -4.81. The van der Waals surface area contributed by atoms with Crippen LogP contribution in [0, 0.1) is 0 Å². The summed E-state index contributed by atoms with van der Waals surface area (Å²) in [5.74, 6) is -0.419. The Bertz CT molecular complexity index is 1240. The van der Waals surface area contributed by atoms with Crippen molar-refractivity contribution in [2.24, 2.45) is 4.36 Å². The molecule has 1 aliphatic rings. The Morgan fingerprint density at radius 3 is 2.06 bits per heavy atom. The molecule has 0 spiro atoms. The van der Waals surface area contributed by atoms with Crippen molar-refractivity contribution < 1.29 is 27.2 Å². The van der Waals surface area contributed by atoms with Gasteiger partial charge in [0, 0.05) is 25.0 Å². The molecule has 2 N–H and O–H groups in total. The van der Waals surface area contributed by atoms with Gasteiger partial charge in [-0.15, -0.1) is 13.2 Å². The van der Waals surface area contributed by atoms with Crippen LogP contribution in [0.15, 0.2) is 82.1 Å². The molecule has 2 atom stereocenters. The van der Waals surface area contributed by atoms with E-state index >= 15 is 0 Å². The molecule has 0 aliphatic carbocycles. The third-order valence-electron chi connectivity index (χ3n) is 5.77. The Morgan fingerprint density at radius 2 is 1.54 bits per heavy atom. The molecule has 0 unspecified atom stereocenters. The summed E-state index contributed by atoms with van der Waals surface area (Å²) in [5.41, 5.74) is 4.38. The van der Waals surface area contributed by atoms with E-state index in [4.69, 9.17) is 0 Å². The number of hydrogen-bond acceptors (Lipinski definition) is 5. The van der Waals surface area contributed by atoms with Gasteiger partial charge in [0.25, 0.3) is 0 Å². The van der Waals surface area contributed by atoms with E-state index in [1.807, 2.05) is 36.4 Å². The largest absolute Gasteiger partial charge is 0.573 e. The lowest BCUT2D eigenvalue weighted by molar-refractivity contribution is -0.274. The molecule has 186 valence electrons. The number of alkyl halides is 3. The molecule has 0 saturated heterocycles. The molecule has 4 rings (SSSR count). The number of aliphatic hydroxyl groups is 1. The monoisotopic (exact) mass is 505 g/mol. The first-order valence-corrected chi connectivity index (χ1v) is 12.6. The van der Waals surface area contributed by atoms with Crippen molar-refractivity contribution in [3.8, 4) is 5.75 Å². The zero-order valence-corrected chi connectivity index (χ0v) is 19.9. The van der Waals surface area contributed by atoms with Gasteiger partial charge in [-0.25, -0.2) is 13.3 Å². The average molecular weight is 506 g/mol. The maximum absolute atomic E-state index is 13.3. The number of anilines is 2. The molecule has 3 aromatic carbocycles. The fourth-order valence-electron chi connectivity index (χ4n) is 4.13. The molecule has 3 aromatic rings. The van der Waals surface area contributed by atoms with Gasteiger partial charge in [-0.3, -0.25) is 0 Å². The lowest BCUT2D eigenvalue weighted by atomic mass is 10.0. The van der Waals surface area contributed by atoms with Crippen molar-refractivity contribution in [2.45, 2.75) is 30.2 Å². The molecule has 0 fully saturated rings. The summed E-state index contributed by atoms with van der Waals surface area (Å²) in [6.45, 7) is 0.205. The van der Waals surface area contributed by atoms with Gasteiger partial charge in [-0.1, -0.05) is 36.4 Å². The van der Waals surface area contributed by atoms with Gasteiger partial charge in [0.15, 0.2) is 0 Å². The van der Waals surface area contributed by atoms with Crippen molar-refractivity contribution in [3.63, 3.8) is 0 Å². The summed E-state index contributed by atoms with van der Waals surface area (Å²) in [7, 11) is -1.82. The van der Waals surface area contributed by atoms with Crippen LogP contribution in [0.5, 0.6) is 5.75 Å². The van der Waals surface area contributed by atoms with Crippen molar-refractivity contribution in [2.75, 3.05) is 25.0 Å². The SMILES string of the molecule is CN=[S@](=O)(NC[C@@H](O)CN1c2ccccc2CCc2ccccc21)c1ccc(OC(F)(F)F)cc1. The number of β-amino-alcohol motifs (C(OH)–C–C–N with tert-alkyl or cyclic N) is 1. The lowest BCUT2D eigenvalue weighted by Gasteiger charge is -2.29. The molecule has 0 aromatic heterocycles. The summed E-state index contributed by atoms with van der Waals surface area (Å²) in [4.78, 5) is 2.25. The number of halogens is 3. The van der Waals surface area contributed by atoms with Crippen molar-refractivity contribution >= 4 is 21.3 Å². The Kier molecular flexibility index (Phi) is 7.34. The van der Waals surface area contributed by atoms with Crippen molar-refractivity contribution in [1.29, 1.82) is 0 Å². The smallest absolute Gasteiger partial charge is 0.406 e. The van der Waals surface area contributed by atoms with E-state index < -0.39 is 28.1 Å². The second kappa shape index (κ2) is 10.3. The average Bonchev–Trinajstić information content (AvgIpc) is 2.99. The van der Waals surface area contributed by atoms with E-state index in [-0.39, 0.29) is 18.0 Å². The highest BCUT2D eigenvalue weighted by Gasteiger charge is 2.31. The second-order valence-electron chi connectivity index (χ2n) is 8.10. The number of para-hydroxylation sites is 2. The molecule has 35 heavy (non-hydrogen) atoms. The maximum Gasteiger partial charge on any atom is 0.573 e. The minimum Gasteiger partial charge on any atom is -0.406 e. The van der Waals surface area contributed by atoms with Crippen LogP contribution in [-0.4, -0.2) is 41.9 Å². The topological polar surface area (TPSA) is 74.2 Å². The Labute approximate surface area is 202 Å². The van der Waals surface area contributed by atoms with E-state index in [0.717, 1.165) is 36.3 Å². The highest BCUT2D eigenvalue weighted by atomic mass is 32.2. The summed E-state index contributed by atoms with van der Waals surface area (Å²) in [6, 6.07) is 20.8. The molecular formula is C25H26F3N3O3S. The first-order valence-electron chi connectivity index (χ1n) is 11.1. The zero-order chi connectivity index (χ0) is 25.1. The van der Waals surface area contributed by atoms with Gasteiger partial charge in [-0.2, -0.15) is 0 Å². The molecule has 0 bridgehead atoms. The first kappa shape index (κ1) is 25.0. The quantitative estimate of drug-likeness (QED) is 0.482. The van der Waals surface area contributed by atoms with Crippen molar-refractivity contribution in [3.05, 3.63) is 83.9 Å². The second-order valence-corrected chi connectivity index (χ2v) is 10.3. The molecule has 0 amide bonds. The summed E-state index contributed by atoms with van der Waals surface area (Å²) >= 11 is 0.